The first-order chi connectivity index (χ1) is 13.6. The predicted molar refractivity (Wildman–Crippen MR) is 107 cm³/mol. The summed E-state index contributed by atoms with van der Waals surface area (Å²) < 4.78 is 17.4. The van der Waals surface area contributed by atoms with Gasteiger partial charge in [-0.15, -0.1) is 0 Å². The first-order valence-corrected chi connectivity index (χ1v) is 10.1. The van der Waals surface area contributed by atoms with Gasteiger partial charge < -0.3 is 19.1 Å². The maximum absolute atomic E-state index is 13.1. The molecule has 0 bridgehead atoms. The molecule has 6 heteroatoms. The van der Waals surface area contributed by atoms with Crippen LogP contribution in [0.5, 0.6) is 17.2 Å². The summed E-state index contributed by atoms with van der Waals surface area (Å²) in [7, 11) is 0. The monoisotopic (exact) mass is 401 g/mol. The lowest BCUT2D eigenvalue weighted by atomic mass is 10.0. The fourth-order valence-electron chi connectivity index (χ4n) is 3.79. The van der Waals surface area contributed by atoms with Gasteiger partial charge in [-0.1, -0.05) is 23.7 Å². The minimum Gasteiger partial charge on any atom is -0.490 e. The Kier molecular flexibility index (Phi) is 5.62. The number of halogens is 1. The number of ether oxygens (including phenoxy) is 3. The Morgan fingerprint density at radius 1 is 1.14 bits per heavy atom. The minimum absolute atomic E-state index is 0.0189. The number of rotatable bonds is 4. The van der Waals surface area contributed by atoms with Crippen LogP contribution in [0.3, 0.4) is 0 Å². The molecule has 0 unspecified atom stereocenters. The Labute approximate surface area is 170 Å². The molecule has 0 N–H and O–H groups in total. The molecule has 0 aromatic heterocycles. The van der Waals surface area contributed by atoms with Gasteiger partial charge in [-0.3, -0.25) is 4.79 Å². The Bertz CT molecular complexity index is 856. The van der Waals surface area contributed by atoms with Gasteiger partial charge in [0.2, 0.25) is 0 Å². The van der Waals surface area contributed by atoms with Gasteiger partial charge in [0.25, 0.3) is 5.91 Å². The van der Waals surface area contributed by atoms with Gasteiger partial charge in [0.1, 0.15) is 5.75 Å². The highest BCUT2D eigenvalue weighted by atomic mass is 35.5. The van der Waals surface area contributed by atoms with Crippen molar-refractivity contribution in [3.63, 3.8) is 0 Å². The summed E-state index contributed by atoms with van der Waals surface area (Å²) in [5, 5.41) is 0.586. The van der Waals surface area contributed by atoms with Crippen molar-refractivity contribution in [1.82, 2.24) is 4.90 Å². The summed E-state index contributed by atoms with van der Waals surface area (Å²) >= 11 is 6.01. The van der Waals surface area contributed by atoms with E-state index in [2.05, 4.69) is 0 Å². The van der Waals surface area contributed by atoms with Crippen LogP contribution in [0.25, 0.3) is 0 Å². The largest absolute Gasteiger partial charge is 0.490 e. The van der Waals surface area contributed by atoms with E-state index in [1.54, 1.807) is 25.1 Å². The second-order valence-corrected chi connectivity index (χ2v) is 7.60. The molecule has 2 aliphatic heterocycles. The molecule has 1 saturated heterocycles. The van der Waals surface area contributed by atoms with Gasteiger partial charge in [0.15, 0.2) is 17.6 Å². The zero-order valence-corrected chi connectivity index (χ0v) is 16.7. The van der Waals surface area contributed by atoms with Crippen molar-refractivity contribution in [3.05, 3.63) is 53.1 Å². The van der Waals surface area contributed by atoms with Crippen molar-refractivity contribution in [2.24, 2.45) is 0 Å². The van der Waals surface area contributed by atoms with Gasteiger partial charge >= 0.3 is 0 Å². The molecule has 4 rings (SSSR count). The molecule has 2 atom stereocenters. The van der Waals surface area contributed by atoms with Crippen LogP contribution < -0.4 is 14.2 Å². The van der Waals surface area contributed by atoms with Gasteiger partial charge in [-0.2, -0.15) is 0 Å². The molecule has 0 radical (unpaired) electrons. The topological polar surface area (TPSA) is 48.0 Å². The summed E-state index contributed by atoms with van der Waals surface area (Å²) in [6.07, 6.45) is 2.18. The third-order valence-corrected chi connectivity index (χ3v) is 5.38. The maximum atomic E-state index is 13.1. The summed E-state index contributed by atoms with van der Waals surface area (Å²) in [6.45, 7) is 3.82. The van der Waals surface area contributed by atoms with Crippen LogP contribution in [0.15, 0.2) is 42.5 Å². The molecule has 2 heterocycles. The molecular formula is C22H24ClNO4. The molecule has 28 heavy (non-hydrogen) atoms. The average Bonchev–Trinajstić information content (AvgIpc) is 3.06. The highest BCUT2D eigenvalue weighted by molar-refractivity contribution is 6.30. The van der Waals surface area contributed by atoms with E-state index in [1.807, 2.05) is 29.2 Å². The lowest BCUT2D eigenvalue weighted by Gasteiger charge is -2.28. The van der Waals surface area contributed by atoms with E-state index in [0.717, 1.165) is 42.9 Å². The zero-order valence-electron chi connectivity index (χ0n) is 15.9. The molecule has 2 aromatic rings. The van der Waals surface area contributed by atoms with Crippen molar-refractivity contribution in [2.45, 2.75) is 38.3 Å². The molecule has 0 spiro atoms. The van der Waals surface area contributed by atoms with Crippen LogP contribution in [0.4, 0.5) is 0 Å². The number of benzene rings is 2. The van der Waals surface area contributed by atoms with Crippen molar-refractivity contribution < 1.29 is 19.0 Å². The molecule has 148 valence electrons. The van der Waals surface area contributed by atoms with E-state index in [0.29, 0.717) is 24.0 Å². The third kappa shape index (κ3) is 4.04. The van der Waals surface area contributed by atoms with E-state index in [9.17, 15) is 4.79 Å². The van der Waals surface area contributed by atoms with Crippen molar-refractivity contribution in [2.75, 3.05) is 19.8 Å². The molecular weight excluding hydrogens is 378 g/mol. The fourth-order valence-corrected chi connectivity index (χ4v) is 3.97. The van der Waals surface area contributed by atoms with Crippen LogP contribution in [0, 0.1) is 0 Å². The van der Waals surface area contributed by atoms with Crippen molar-refractivity contribution in [3.8, 4) is 17.2 Å². The smallest absolute Gasteiger partial charge is 0.263 e. The van der Waals surface area contributed by atoms with Crippen molar-refractivity contribution in [1.29, 1.82) is 0 Å². The Morgan fingerprint density at radius 3 is 2.79 bits per heavy atom. The quantitative estimate of drug-likeness (QED) is 0.749. The van der Waals surface area contributed by atoms with E-state index in [-0.39, 0.29) is 11.9 Å². The zero-order chi connectivity index (χ0) is 19.5. The molecule has 5 nitrogen and oxygen atoms in total. The second-order valence-electron chi connectivity index (χ2n) is 7.16. The predicted octanol–water partition coefficient (Wildman–Crippen LogP) is 4.63. The normalized spacial score (nSPS) is 19.8. The molecule has 2 aromatic carbocycles. The van der Waals surface area contributed by atoms with Crippen LogP contribution in [0.1, 0.15) is 37.8 Å². The standard InChI is InChI=1S/C22H24ClNO4/c1-15(28-18-6-2-5-17(23)14-18)22(25)24-10-3-7-19(24)16-8-9-20-21(13-16)27-12-4-11-26-20/h2,5-6,8-9,13-15,19H,3-4,7,10-12H2,1H3/t15-,19+/m0/s1. The van der Waals surface area contributed by atoms with E-state index < -0.39 is 6.10 Å². The van der Waals surface area contributed by atoms with Gasteiger partial charge in [-0.05, 0) is 55.7 Å². The number of likely N-dealkylation sites (tertiary alicyclic amines) is 1. The van der Waals surface area contributed by atoms with E-state index >= 15 is 0 Å². The lowest BCUT2D eigenvalue weighted by Crippen LogP contribution is -2.40. The molecule has 1 fully saturated rings. The Morgan fingerprint density at radius 2 is 1.96 bits per heavy atom. The van der Waals surface area contributed by atoms with Gasteiger partial charge in [0.05, 0.1) is 19.3 Å². The lowest BCUT2D eigenvalue weighted by molar-refractivity contribution is -0.138. The first kappa shape index (κ1) is 18.9. The first-order valence-electron chi connectivity index (χ1n) is 9.74. The number of fused-ring (bicyclic) bond motifs is 1. The fraction of sp³-hybridized carbons (Fsp3) is 0.409. The molecule has 2 aliphatic rings. The summed E-state index contributed by atoms with van der Waals surface area (Å²) in [5.41, 5.74) is 1.07. The van der Waals surface area contributed by atoms with Crippen LogP contribution >= 0.6 is 11.6 Å². The second kappa shape index (κ2) is 8.31. The number of carbonyl (C=O) groups excluding carboxylic acids is 1. The number of hydrogen-bond acceptors (Lipinski definition) is 4. The molecule has 0 aliphatic carbocycles. The molecule has 1 amide bonds. The summed E-state index contributed by atoms with van der Waals surface area (Å²) in [6, 6.07) is 13.1. The highest BCUT2D eigenvalue weighted by Gasteiger charge is 2.33. The Balaban J connectivity index is 1.50. The summed E-state index contributed by atoms with van der Waals surface area (Å²) in [5.74, 6) is 2.11. The minimum atomic E-state index is -0.584. The highest BCUT2D eigenvalue weighted by Crippen LogP contribution is 2.38. The van der Waals surface area contributed by atoms with Crippen LogP contribution in [-0.4, -0.2) is 36.7 Å². The average molecular weight is 402 g/mol. The van der Waals surface area contributed by atoms with Gasteiger partial charge in [0, 0.05) is 18.0 Å². The van der Waals surface area contributed by atoms with Crippen molar-refractivity contribution >= 4 is 17.5 Å². The molecule has 0 saturated carbocycles. The van der Waals surface area contributed by atoms with E-state index in [1.165, 1.54) is 0 Å². The third-order valence-electron chi connectivity index (χ3n) is 5.15. The number of amides is 1. The van der Waals surface area contributed by atoms with Crippen LogP contribution in [0.2, 0.25) is 5.02 Å². The van der Waals surface area contributed by atoms with E-state index in [4.69, 9.17) is 25.8 Å². The Hall–Kier alpha value is -2.40. The number of carbonyl (C=O) groups is 1. The number of nitrogens with zero attached hydrogens (tertiary/aromatic N) is 1. The number of hydrogen-bond donors (Lipinski definition) is 0. The maximum Gasteiger partial charge on any atom is 0.263 e. The summed E-state index contributed by atoms with van der Waals surface area (Å²) in [4.78, 5) is 15.0. The van der Waals surface area contributed by atoms with Crippen LogP contribution in [-0.2, 0) is 4.79 Å². The van der Waals surface area contributed by atoms with Gasteiger partial charge in [-0.25, -0.2) is 0 Å². The SMILES string of the molecule is C[C@H](Oc1cccc(Cl)c1)C(=O)N1CCC[C@@H]1c1ccc2c(c1)OCCCO2.